The van der Waals surface area contributed by atoms with Crippen LogP contribution in [0.1, 0.15) is 51.6 Å². The molecule has 9 nitrogen and oxygen atoms in total. The zero-order valence-electron chi connectivity index (χ0n) is 20.4. The van der Waals surface area contributed by atoms with Crippen LogP contribution in [0, 0.1) is 0 Å². The van der Waals surface area contributed by atoms with Gasteiger partial charge in [0.1, 0.15) is 12.1 Å². The Morgan fingerprint density at radius 2 is 1.38 bits per heavy atom. The van der Waals surface area contributed by atoms with Gasteiger partial charge < -0.3 is 27.4 Å². The van der Waals surface area contributed by atoms with Gasteiger partial charge in [0.2, 0.25) is 17.7 Å². The predicted molar refractivity (Wildman–Crippen MR) is 142 cm³/mol. The van der Waals surface area contributed by atoms with Crippen molar-refractivity contribution in [1.82, 2.24) is 10.6 Å². The highest BCUT2D eigenvalue weighted by Gasteiger charge is 2.28. The molecule has 0 aliphatic rings. The molecule has 3 rings (SSSR count). The Balaban J connectivity index is 1.81. The maximum atomic E-state index is 13.5. The van der Waals surface area contributed by atoms with Crippen molar-refractivity contribution in [3.63, 3.8) is 0 Å². The van der Waals surface area contributed by atoms with E-state index in [2.05, 4.69) is 16.0 Å². The van der Waals surface area contributed by atoms with Crippen LogP contribution in [0.3, 0.4) is 0 Å². The molecule has 37 heavy (non-hydrogen) atoms. The molecule has 4 amide bonds. The van der Waals surface area contributed by atoms with Crippen molar-refractivity contribution < 1.29 is 19.2 Å². The largest absolute Gasteiger partial charge is 0.366 e. The Kier molecular flexibility index (Phi) is 9.92. The van der Waals surface area contributed by atoms with Gasteiger partial charge in [-0.1, -0.05) is 54.6 Å². The molecule has 0 spiro atoms. The summed E-state index contributed by atoms with van der Waals surface area (Å²) in [6.07, 6.45) is 1.60. The zero-order valence-corrected chi connectivity index (χ0v) is 20.4. The molecule has 0 aliphatic carbocycles. The lowest BCUT2D eigenvalue weighted by molar-refractivity contribution is -0.128. The minimum Gasteiger partial charge on any atom is -0.366 e. The first-order valence-corrected chi connectivity index (χ1v) is 12.0. The Hall–Kier alpha value is -4.50. The lowest BCUT2D eigenvalue weighted by Gasteiger charge is -2.24. The average molecular weight is 502 g/mol. The second-order valence-corrected chi connectivity index (χ2v) is 8.46. The summed E-state index contributed by atoms with van der Waals surface area (Å²) in [4.78, 5) is 51.0. The molecule has 0 heterocycles. The lowest BCUT2D eigenvalue weighted by atomic mass is 10.0. The van der Waals surface area contributed by atoms with Gasteiger partial charge >= 0.3 is 0 Å². The topological polar surface area (TPSA) is 156 Å². The summed E-state index contributed by atoms with van der Waals surface area (Å²) >= 11 is 0. The summed E-state index contributed by atoms with van der Waals surface area (Å²) in [6.45, 7) is 0.447. The van der Waals surface area contributed by atoms with Crippen molar-refractivity contribution in [3.8, 4) is 0 Å². The molecular weight excluding hydrogens is 470 g/mol. The molecule has 0 radical (unpaired) electrons. The van der Waals surface area contributed by atoms with Crippen molar-refractivity contribution in [2.24, 2.45) is 11.5 Å². The minimum atomic E-state index is -1.03. The number of hydrogen-bond donors (Lipinski definition) is 5. The van der Waals surface area contributed by atoms with Gasteiger partial charge in [0.15, 0.2) is 0 Å². The molecule has 2 atom stereocenters. The number of primary amides is 1. The van der Waals surface area contributed by atoms with Crippen LogP contribution in [-0.2, 0) is 9.59 Å². The van der Waals surface area contributed by atoms with Crippen LogP contribution in [0.2, 0.25) is 0 Å². The third-order valence-corrected chi connectivity index (χ3v) is 5.70. The molecule has 7 N–H and O–H groups in total. The Morgan fingerprint density at radius 1 is 0.730 bits per heavy atom. The van der Waals surface area contributed by atoms with Crippen molar-refractivity contribution in [3.05, 3.63) is 102 Å². The number of carbonyl (C=O) groups is 4. The maximum Gasteiger partial charge on any atom is 0.252 e. The Labute approximate surface area is 215 Å². The molecule has 0 aliphatic heterocycles. The van der Waals surface area contributed by atoms with Gasteiger partial charge in [-0.15, -0.1) is 0 Å². The van der Waals surface area contributed by atoms with Gasteiger partial charge in [-0.3, -0.25) is 19.2 Å². The van der Waals surface area contributed by atoms with E-state index < -0.39 is 35.7 Å². The van der Waals surface area contributed by atoms with Crippen molar-refractivity contribution in [2.45, 2.75) is 31.3 Å². The molecule has 3 aromatic carbocycles. The Bertz CT molecular complexity index is 1220. The fourth-order valence-corrected chi connectivity index (χ4v) is 3.75. The first-order chi connectivity index (χ1) is 17.9. The minimum absolute atomic E-state index is 0.245. The number of unbranched alkanes of at least 4 members (excludes halogenated alkanes) is 1. The molecule has 192 valence electrons. The van der Waals surface area contributed by atoms with Gasteiger partial charge in [-0.2, -0.15) is 0 Å². The maximum absolute atomic E-state index is 13.5. The molecule has 9 heteroatoms. The third kappa shape index (κ3) is 8.01. The van der Waals surface area contributed by atoms with E-state index >= 15 is 0 Å². The van der Waals surface area contributed by atoms with E-state index in [-0.39, 0.29) is 5.56 Å². The summed E-state index contributed by atoms with van der Waals surface area (Å²) in [7, 11) is 0. The van der Waals surface area contributed by atoms with Crippen LogP contribution in [-0.4, -0.2) is 36.2 Å². The second kappa shape index (κ2) is 13.6. The first-order valence-electron chi connectivity index (χ1n) is 12.0. The average Bonchev–Trinajstić information content (AvgIpc) is 2.92. The normalized spacial score (nSPS) is 12.1. The lowest BCUT2D eigenvalue weighted by Crippen LogP contribution is -2.49. The fraction of sp³-hybridized carbons (Fsp3) is 0.214. The highest BCUT2D eigenvalue weighted by Crippen LogP contribution is 2.17. The van der Waals surface area contributed by atoms with Crippen LogP contribution in [0.4, 0.5) is 5.69 Å². The molecule has 0 saturated carbocycles. The molecular formula is C28H31N5O4. The number of amides is 4. The standard InChI is InChI=1S/C28H31N5O4/c29-17-8-7-16-23(27(36)31-22-15-9-14-21(18-22)25(30)34)32-28(37)24(19-10-3-1-4-11-19)33-26(35)20-12-5-2-6-13-20/h1-6,9-15,18,23-24H,7-8,16-17,29H2,(H2,30,34)(H,31,36)(H,32,37)(H,33,35)/t23-,24-/m1/s1. The summed E-state index contributed by atoms with van der Waals surface area (Å²) in [5.74, 6) is -2.04. The fourth-order valence-electron chi connectivity index (χ4n) is 3.75. The highest BCUT2D eigenvalue weighted by molar-refractivity contribution is 6.01. The zero-order chi connectivity index (χ0) is 26.6. The SMILES string of the molecule is NCCCC[C@@H](NC(=O)[C@H](NC(=O)c1ccccc1)c1ccccc1)C(=O)Nc1cccc(C(N)=O)c1. The number of nitrogens with two attached hydrogens (primary N) is 2. The molecule has 0 aromatic heterocycles. The van der Waals surface area contributed by atoms with Gasteiger partial charge in [0.05, 0.1) is 0 Å². The highest BCUT2D eigenvalue weighted by atomic mass is 16.2. The van der Waals surface area contributed by atoms with Crippen LogP contribution >= 0.6 is 0 Å². The molecule has 0 bridgehead atoms. The molecule has 3 aromatic rings. The molecule has 0 fully saturated rings. The van der Waals surface area contributed by atoms with Crippen molar-refractivity contribution >= 4 is 29.3 Å². The van der Waals surface area contributed by atoms with E-state index in [1.54, 1.807) is 78.9 Å². The monoisotopic (exact) mass is 501 g/mol. The summed E-state index contributed by atoms with van der Waals surface area (Å²) < 4.78 is 0. The van der Waals surface area contributed by atoms with Gasteiger partial charge in [0, 0.05) is 16.8 Å². The van der Waals surface area contributed by atoms with E-state index in [1.165, 1.54) is 6.07 Å². The van der Waals surface area contributed by atoms with Crippen molar-refractivity contribution in [2.75, 3.05) is 11.9 Å². The van der Waals surface area contributed by atoms with E-state index in [0.717, 1.165) is 0 Å². The quantitative estimate of drug-likeness (QED) is 0.241. The number of rotatable bonds is 12. The van der Waals surface area contributed by atoms with Gasteiger partial charge in [0.25, 0.3) is 5.91 Å². The number of nitrogens with one attached hydrogen (secondary N) is 3. The van der Waals surface area contributed by atoms with E-state index in [4.69, 9.17) is 11.5 Å². The number of carbonyl (C=O) groups excluding carboxylic acids is 4. The van der Waals surface area contributed by atoms with Crippen LogP contribution in [0.15, 0.2) is 84.9 Å². The van der Waals surface area contributed by atoms with Crippen molar-refractivity contribution in [1.29, 1.82) is 0 Å². The van der Waals surface area contributed by atoms with E-state index in [0.29, 0.717) is 42.6 Å². The van der Waals surface area contributed by atoms with E-state index in [1.807, 2.05) is 0 Å². The third-order valence-electron chi connectivity index (χ3n) is 5.70. The summed E-state index contributed by atoms with van der Waals surface area (Å²) in [6, 6.07) is 21.6. The summed E-state index contributed by atoms with van der Waals surface area (Å²) in [5.41, 5.74) is 12.5. The molecule has 0 saturated heterocycles. The predicted octanol–water partition coefficient (Wildman–Crippen LogP) is 2.51. The summed E-state index contributed by atoms with van der Waals surface area (Å²) in [5, 5.41) is 8.30. The van der Waals surface area contributed by atoms with Gasteiger partial charge in [-0.25, -0.2) is 0 Å². The molecule has 0 unspecified atom stereocenters. The first kappa shape index (κ1) is 27.1. The number of benzene rings is 3. The second-order valence-electron chi connectivity index (χ2n) is 8.46. The van der Waals surface area contributed by atoms with Gasteiger partial charge in [-0.05, 0) is 61.7 Å². The van der Waals surface area contributed by atoms with Crippen LogP contribution in [0.5, 0.6) is 0 Å². The number of hydrogen-bond acceptors (Lipinski definition) is 5. The smallest absolute Gasteiger partial charge is 0.252 e. The van der Waals surface area contributed by atoms with Crippen LogP contribution < -0.4 is 27.4 Å². The van der Waals surface area contributed by atoms with Crippen LogP contribution in [0.25, 0.3) is 0 Å². The Morgan fingerprint density at radius 3 is 2.03 bits per heavy atom. The van der Waals surface area contributed by atoms with E-state index in [9.17, 15) is 19.2 Å². The number of anilines is 1.